The molecule has 0 bridgehead atoms. The number of hydrogen-bond donors (Lipinski definition) is 3. The number of aliphatic hydroxyl groups excluding tert-OH is 1. The average Bonchev–Trinajstić information content (AvgIpc) is 3.08. The number of fused-ring (bicyclic) bond motifs is 5. The first-order valence-electron chi connectivity index (χ1n) is 13.8. The molecule has 0 heterocycles. The monoisotopic (exact) mass is 500 g/mol. The van der Waals surface area contributed by atoms with Gasteiger partial charge in [-0.25, -0.2) is 4.18 Å². The Morgan fingerprint density at radius 2 is 1.68 bits per heavy atom. The predicted molar refractivity (Wildman–Crippen MR) is 132 cm³/mol. The van der Waals surface area contributed by atoms with Crippen LogP contribution >= 0.6 is 0 Å². The van der Waals surface area contributed by atoms with Gasteiger partial charge in [0.25, 0.3) is 0 Å². The highest BCUT2D eigenvalue weighted by molar-refractivity contribution is 7.80. The highest BCUT2D eigenvalue weighted by Crippen LogP contribution is 2.68. The highest BCUT2D eigenvalue weighted by Gasteiger charge is 2.62. The molecule has 4 unspecified atom stereocenters. The summed E-state index contributed by atoms with van der Waals surface area (Å²) in [5.41, 5.74) is 0.549. The molecule has 0 aromatic heterocycles. The van der Waals surface area contributed by atoms with Crippen LogP contribution in [0.3, 0.4) is 0 Å². The smallest absolute Gasteiger partial charge is 0.393 e. The van der Waals surface area contributed by atoms with E-state index in [1.54, 1.807) is 13.8 Å². The van der Waals surface area contributed by atoms with Gasteiger partial charge in [0.2, 0.25) is 0 Å². The Bertz CT molecular complexity index is 844. The second-order valence-electron chi connectivity index (χ2n) is 13.3. The summed E-state index contributed by atoms with van der Waals surface area (Å²) in [4.78, 5) is 0. The summed E-state index contributed by atoms with van der Waals surface area (Å²) in [5.74, 6) is 0.633. The van der Waals surface area contributed by atoms with Crippen LogP contribution in [0.1, 0.15) is 105 Å². The Balaban J connectivity index is 1.49. The van der Waals surface area contributed by atoms with Crippen molar-refractivity contribution in [1.82, 2.24) is 0 Å². The standard InChI is InChI=1S/C27H48O6S/c1-17(2)27(29,33-34(30,31)32)15-11-18(3)20-9-10-21-24-22(12-14-26(20,21)5)25(4)13-7-6-8-19(25)16-23(24)28/h17-24,28-29H,6-16H2,1-5H3,(H,30,31,32)/t18-,19-,20-,21?,22?,23?,24?,25+,26-,27-/m1/s1. The van der Waals surface area contributed by atoms with Crippen molar-refractivity contribution in [2.45, 2.75) is 117 Å². The van der Waals surface area contributed by atoms with Crippen molar-refractivity contribution in [1.29, 1.82) is 0 Å². The molecule has 3 N–H and O–H groups in total. The van der Waals surface area contributed by atoms with E-state index in [1.807, 2.05) is 0 Å². The van der Waals surface area contributed by atoms with E-state index in [0.29, 0.717) is 47.3 Å². The minimum atomic E-state index is -4.74. The first-order chi connectivity index (χ1) is 15.7. The molecule has 0 saturated heterocycles. The molecule has 4 aliphatic carbocycles. The van der Waals surface area contributed by atoms with Gasteiger partial charge in [-0.05, 0) is 97.7 Å². The van der Waals surface area contributed by atoms with Crippen LogP contribution in [0.2, 0.25) is 0 Å². The largest absolute Gasteiger partial charge is 0.400 e. The van der Waals surface area contributed by atoms with Gasteiger partial charge in [0.05, 0.1) is 6.10 Å². The lowest BCUT2D eigenvalue weighted by Gasteiger charge is -2.62. The van der Waals surface area contributed by atoms with Crippen molar-refractivity contribution in [2.24, 2.45) is 52.3 Å². The van der Waals surface area contributed by atoms with Crippen LogP contribution in [-0.2, 0) is 14.6 Å². The van der Waals surface area contributed by atoms with E-state index in [9.17, 15) is 23.2 Å². The third kappa shape index (κ3) is 4.62. The van der Waals surface area contributed by atoms with Crippen molar-refractivity contribution in [3.05, 3.63) is 0 Å². The Hall–Kier alpha value is -0.210. The topological polar surface area (TPSA) is 104 Å². The van der Waals surface area contributed by atoms with E-state index >= 15 is 0 Å². The van der Waals surface area contributed by atoms with Crippen molar-refractivity contribution in [2.75, 3.05) is 0 Å². The van der Waals surface area contributed by atoms with Gasteiger partial charge >= 0.3 is 10.4 Å². The van der Waals surface area contributed by atoms with Crippen LogP contribution in [-0.4, -0.2) is 35.1 Å². The summed E-state index contributed by atoms with van der Waals surface area (Å²) >= 11 is 0. The lowest BCUT2D eigenvalue weighted by atomic mass is 9.44. The SMILES string of the molecule is CC(C)[C@@](O)(CC[C@@H](C)[C@H]1CCC2C3C(O)C[C@H]4CCCC[C@]4(C)C3CC[C@@]21C)OS(=O)(=O)O. The summed E-state index contributed by atoms with van der Waals surface area (Å²) < 4.78 is 36.6. The zero-order valence-corrected chi connectivity index (χ0v) is 22.7. The molecule has 4 rings (SSSR count). The third-order valence-electron chi connectivity index (χ3n) is 11.5. The van der Waals surface area contributed by atoms with Crippen LogP contribution in [0.15, 0.2) is 0 Å². The molecule has 0 aliphatic heterocycles. The second kappa shape index (κ2) is 9.27. The van der Waals surface area contributed by atoms with Gasteiger partial charge in [0, 0.05) is 12.3 Å². The molecule has 4 aliphatic rings. The molecular weight excluding hydrogens is 452 g/mol. The fourth-order valence-electron chi connectivity index (χ4n) is 9.47. The van der Waals surface area contributed by atoms with E-state index in [0.717, 1.165) is 19.3 Å². The molecule has 7 heteroatoms. The van der Waals surface area contributed by atoms with Gasteiger partial charge in [-0.3, -0.25) is 4.55 Å². The van der Waals surface area contributed by atoms with E-state index in [1.165, 1.54) is 38.5 Å². The fourth-order valence-corrected chi connectivity index (χ4v) is 10.1. The Kier molecular flexibility index (Phi) is 7.32. The quantitative estimate of drug-likeness (QED) is 0.311. The van der Waals surface area contributed by atoms with E-state index < -0.39 is 22.1 Å². The Morgan fingerprint density at radius 3 is 2.32 bits per heavy atom. The Morgan fingerprint density at radius 1 is 1.00 bits per heavy atom. The first-order valence-corrected chi connectivity index (χ1v) is 15.2. The molecule has 198 valence electrons. The van der Waals surface area contributed by atoms with Gasteiger partial charge in [-0.15, -0.1) is 0 Å². The number of hydrogen-bond acceptors (Lipinski definition) is 5. The molecule has 4 fully saturated rings. The molecule has 0 amide bonds. The molecular formula is C27H48O6S. The van der Waals surface area contributed by atoms with Gasteiger partial charge in [-0.1, -0.05) is 47.5 Å². The van der Waals surface area contributed by atoms with Crippen LogP contribution in [0.4, 0.5) is 0 Å². The lowest BCUT2D eigenvalue weighted by Crippen LogP contribution is -2.57. The van der Waals surface area contributed by atoms with Crippen LogP contribution in [0, 0.1) is 52.3 Å². The molecule has 0 aromatic carbocycles. The predicted octanol–water partition coefficient (Wildman–Crippen LogP) is 5.59. The fraction of sp³-hybridized carbons (Fsp3) is 1.00. The molecule has 34 heavy (non-hydrogen) atoms. The maximum atomic E-state index is 11.4. The normalized spacial score (nSPS) is 45.2. The maximum Gasteiger partial charge on any atom is 0.400 e. The zero-order valence-electron chi connectivity index (χ0n) is 21.9. The van der Waals surface area contributed by atoms with E-state index in [4.69, 9.17) is 4.18 Å². The molecule has 0 spiro atoms. The molecule has 4 saturated carbocycles. The zero-order chi connectivity index (χ0) is 25.1. The molecule has 10 atom stereocenters. The van der Waals surface area contributed by atoms with Crippen molar-refractivity contribution >= 4 is 10.4 Å². The van der Waals surface area contributed by atoms with Gasteiger partial charge in [0.1, 0.15) is 0 Å². The summed E-state index contributed by atoms with van der Waals surface area (Å²) in [6.07, 6.45) is 11.5. The summed E-state index contributed by atoms with van der Waals surface area (Å²) in [6, 6.07) is 0. The second-order valence-corrected chi connectivity index (χ2v) is 14.3. The minimum Gasteiger partial charge on any atom is -0.393 e. The maximum absolute atomic E-state index is 11.4. The Labute approximate surface area is 207 Å². The third-order valence-corrected chi connectivity index (χ3v) is 12.0. The van der Waals surface area contributed by atoms with Crippen LogP contribution in [0.5, 0.6) is 0 Å². The number of rotatable bonds is 7. The highest BCUT2D eigenvalue weighted by atomic mass is 32.3. The molecule has 0 radical (unpaired) electrons. The summed E-state index contributed by atoms with van der Waals surface area (Å²) in [5, 5.41) is 22.2. The van der Waals surface area contributed by atoms with Gasteiger partial charge < -0.3 is 10.2 Å². The van der Waals surface area contributed by atoms with Gasteiger partial charge in [0.15, 0.2) is 5.79 Å². The van der Waals surface area contributed by atoms with Crippen molar-refractivity contribution in [3.63, 3.8) is 0 Å². The minimum absolute atomic E-state index is 0.164. The van der Waals surface area contributed by atoms with Gasteiger partial charge in [-0.2, -0.15) is 8.42 Å². The van der Waals surface area contributed by atoms with E-state index in [2.05, 4.69) is 20.8 Å². The molecule has 0 aromatic rings. The van der Waals surface area contributed by atoms with Crippen molar-refractivity contribution in [3.8, 4) is 0 Å². The van der Waals surface area contributed by atoms with E-state index in [-0.39, 0.29) is 17.9 Å². The summed E-state index contributed by atoms with van der Waals surface area (Å²) in [7, 11) is -4.74. The number of aliphatic hydroxyl groups is 2. The van der Waals surface area contributed by atoms with Crippen LogP contribution < -0.4 is 0 Å². The molecule has 6 nitrogen and oxygen atoms in total. The average molecular weight is 501 g/mol. The lowest BCUT2D eigenvalue weighted by molar-refractivity contribution is -0.180. The van der Waals surface area contributed by atoms with Crippen molar-refractivity contribution < 1.29 is 27.4 Å². The van der Waals surface area contributed by atoms with Crippen LogP contribution in [0.25, 0.3) is 0 Å². The first kappa shape index (κ1) is 26.8. The summed E-state index contributed by atoms with van der Waals surface area (Å²) in [6.45, 7) is 10.6.